The van der Waals surface area contributed by atoms with Gasteiger partial charge in [0.25, 0.3) is 0 Å². The lowest BCUT2D eigenvalue weighted by Crippen LogP contribution is -2.36. The van der Waals surface area contributed by atoms with E-state index < -0.39 is 5.60 Å². The van der Waals surface area contributed by atoms with Gasteiger partial charge < -0.3 is 19.7 Å². The zero-order valence-electron chi connectivity index (χ0n) is 15.5. The molecule has 1 N–H and O–H groups in total. The zero-order chi connectivity index (χ0) is 18.7. The quantitative estimate of drug-likeness (QED) is 0.895. The van der Waals surface area contributed by atoms with Crippen molar-refractivity contribution in [2.75, 3.05) is 18.4 Å². The number of amides is 1. The molecule has 2 aromatic heterocycles. The first-order valence-electron chi connectivity index (χ1n) is 8.52. The van der Waals surface area contributed by atoms with Gasteiger partial charge in [-0.15, -0.1) is 0 Å². The van der Waals surface area contributed by atoms with Crippen LogP contribution in [-0.2, 0) is 11.8 Å². The molecule has 0 aromatic carbocycles. The van der Waals surface area contributed by atoms with Crippen molar-refractivity contribution < 1.29 is 14.3 Å². The van der Waals surface area contributed by atoms with Gasteiger partial charge in [0.2, 0.25) is 11.8 Å². The summed E-state index contributed by atoms with van der Waals surface area (Å²) in [6.45, 7) is 6.76. The van der Waals surface area contributed by atoms with Gasteiger partial charge in [0.05, 0.1) is 12.4 Å². The van der Waals surface area contributed by atoms with Crippen LogP contribution in [0.3, 0.4) is 0 Å². The van der Waals surface area contributed by atoms with E-state index in [1.165, 1.54) is 0 Å². The highest BCUT2D eigenvalue weighted by molar-refractivity contribution is 5.68. The van der Waals surface area contributed by atoms with Gasteiger partial charge in [-0.1, -0.05) is 0 Å². The van der Waals surface area contributed by atoms with Crippen LogP contribution in [0.5, 0.6) is 11.6 Å². The average molecular weight is 360 g/mol. The molecule has 0 spiro atoms. The minimum absolute atomic E-state index is 0.0659. The fourth-order valence-corrected chi connectivity index (χ4v) is 2.59. The third-order valence-electron chi connectivity index (χ3n) is 3.71. The van der Waals surface area contributed by atoms with Crippen LogP contribution in [0.2, 0.25) is 0 Å². The molecular formula is C17H24N6O3. The smallest absolute Gasteiger partial charge is 0.410 e. The number of nitrogens with one attached hydrogen (secondary N) is 1. The standard InChI is InChI=1S/C17H24N6O3/c1-17(2,3)26-16(24)23-8-6-12(10-23)20-15-18-7-5-14(21-15)25-13-9-19-22(4)11-13/h5,7,9,11-12H,6,8,10H2,1-4H3,(H,18,20,21). The van der Waals surface area contributed by atoms with Crippen molar-refractivity contribution in [3.63, 3.8) is 0 Å². The molecule has 1 saturated heterocycles. The molecule has 9 nitrogen and oxygen atoms in total. The van der Waals surface area contributed by atoms with Crippen molar-refractivity contribution in [2.24, 2.45) is 7.05 Å². The Balaban J connectivity index is 1.56. The number of ether oxygens (including phenoxy) is 2. The molecule has 1 unspecified atom stereocenters. The predicted molar refractivity (Wildman–Crippen MR) is 95.1 cm³/mol. The molecule has 1 fully saturated rings. The number of aryl methyl sites for hydroxylation is 1. The molecule has 0 radical (unpaired) electrons. The van der Waals surface area contributed by atoms with Gasteiger partial charge in [0.15, 0.2) is 5.75 Å². The third-order valence-corrected chi connectivity index (χ3v) is 3.71. The van der Waals surface area contributed by atoms with Crippen LogP contribution in [0, 0.1) is 0 Å². The Morgan fingerprint density at radius 1 is 1.38 bits per heavy atom. The van der Waals surface area contributed by atoms with Crippen LogP contribution < -0.4 is 10.1 Å². The van der Waals surface area contributed by atoms with Crippen LogP contribution in [0.1, 0.15) is 27.2 Å². The Hall–Kier alpha value is -2.84. The molecule has 9 heteroatoms. The molecule has 0 bridgehead atoms. The van der Waals surface area contributed by atoms with E-state index in [-0.39, 0.29) is 12.1 Å². The van der Waals surface area contributed by atoms with Gasteiger partial charge in [0, 0.05) is 38.4 Å². The van der Waals surface area contributed by atoms with Crippen molar-refractivity contribution in [3.05, 3.63) is 24.7 Å². The molecular weight excluding hydrogens is 336 g/mol. The van der Waals surface area contributed by atoms with Crippen LogP contribution in [0.4, 0.5) is 10.7 Å². The molecule has 2 aromatic rings. The van der Waals surface area contributed by atoms with Crippen LogP contribution >= 0.6 is 0 Å². The lowest BCUT2D eigenvalue weighted by Gasteiger charge is -2.24. The van der Waals surface area contributed by atoms with Crippen molar-refractivity contribution in [3.8, 4) is 11.6 Å². The molecule has 26 heavy (non-hydrogen) atoms. The number of carbonyl (C=O) groups is 1. The molecule has 0 aliphatic carbocycles. The number of aromatic nitrogens is 4. The maximum atomic E-state index is 12.1. The highest BCUT2D eigenvalue weighted by Gasteiger charge is 2.30. The Bertz CT molecular complexity index is 770. The van der Waals surface area contributed by atoms with Crippen LogP contribution in [0.15, 0.2) is 24.7 Å². The molecule has 1 aliphatic heterocycles. The summed E-state index contributed by atoms with van der Waals surface area (Å²) in [5.74, 6) is 1.49. The lowest BCUT2D eigenvalue weighted by atomic mass is 10.2. The average Bonchev–Trinajstić information content (AvgIpc) is 3.15. The van der Waals surface area contributed by atoms with Crippen molar-refractivity contribution in [1.29, 1.82) is 0 Å². The Labute approximate surface area is 152 Å². The molecule has 3 heterocycles. The first-order chi connectivity index (χ1) is 12.3. The van der Waals surface area contributed by atoms with Crippen molar-refractivity contribution in [1.82, 2.24) is 24.6 Å². The monoisotopic (exact) mass is 360 g/mol. The summed E-state index contributed by atoms with van der Waals surface area (Å²) >= 11 is 0. The second-order valence-electron chi connectivity index (χ2n) is 7.23. The van der Waals surface area contributed by atoms with E-state index in [1.807, 2.05) is 27.8 Å². The Morgan fingerprint density at radius 3 is 2.88 bits per heavy atom. The third kappa shape index (κ3) is 4.84. The first kappa shape index (κ1) is 18.0. The van der Waals surface area contributed by atoms with E-state index in [9.17, 15) is 4.79 Å². The van der Waals surface area contributed by atoms with Gasteiger partial charge >= 0.3 is 6.09 Å². The first-order valence-corrected chi connectivity index (χ1v) is 8.52. The normalized spacial score (nSPS) is 17.2. The number of rotatable bonds is 4. The second kappa shape index (κ2) is 7.19. The Kier molecular flexibility index (Phi) is 4.97. The van der Waals surface area contributed by atoms with E-state index in [4.69, 9.17) is 9.47 Å². The van der Waals surface area contributed by atoms with Gasteiger partial charge in [-0.3, -0.25) is 4.68 Å². The highest BCUT2D eigenvalue weighted by atomic mass is 16.6. The maximum absolute atomic E-state index is 12.1. The van der Waals surface area contributed by atoms with Gasteiger partial charge in [-0.25, -0.2) is 9.78 Å². The highest BCUT2D eigenvalue weighted by Crippen LogP contribution is 2.21. The van der Waals surface area contributed by atoms with E-state index in [1.54, 1.807) is 34.2 Å². The molecule has 140 valence electrons. The van der Waals surface area contributed by atoms with Crippen LogP contribution in [-0.4, -0.2) is 55.5 Å². The number of nitrogens with zero attached hydrogens (tertiary/aromatic N) is 5. The Morgan fingerprint density at radius 2 is 2.19 bits per heavy atom. The van der Waals surface area contributed by atoms with E-state index >= 15 is 0 Å². The summed E-state index contributed by atoms with van der Waals surface area (Å²) < 4.78 is 12.7. The minimum atomic E-state index is -0.496. The number of likely N-dealkylation sites (tertiary alicyclic amines) is 1. The largest absolute Gasteiger partial charge is 0.444 e. The number of anilines is 1. The molecule has 1 amide bonds. The van der Waals surface area contributed by atoms with Gasteiger partial charge in [-0.2, -0.15) is 10.1 Å². The number of carbonyl (C=O) groups excluding carboxylic acids is 1. The summed E-state index contributed by atoms with van der Waals surface area (Å²) in [7, 11) is 1.82. The molecule has 1 aliphatic rings. The summed E-state index contributed by atoms with van der Waals surface area (Å²) in [4.78, 5) is 22.4. The fraction of sp³-hybridized carbons (Fsp3) is 0.529. The summed E-state index contributed by atoms with van der Waals surface area (Å²) in [5.41, 5.74) is -0.496. The lowest BCUT2D eigenvalue weighted by molar-refractivity contribution is 0.0293. The van der Waals surface area contributed by atoms with Crippen molar-refractivity contribution >= 4 is 12.0 Å². The predicted octanol–water partition coefficient (Wildman–Crippen LogP) is 2.42. The zero-order valence-corrected chi connectivity index (χ0v) is 15.5. The summed E-state index contributed by atoms with van der Waals surface area (Å²) in [5, 5.41) is 7.30. The SMILES string of the molecule is Cn1cc(Oc2ccnc(NC3CCN(C(=O)OC(C)(C)C)C3)n2)cn1. The summed E-state index contributed by atoms with van der Waals surface area (Å²) in [6, 6.07) is 1.75. The maximum Gasteiger partial charge on any atom is 0.410 e. The molecule has 0 saturated carbocycles. The van der Waals surface area contributed by atoms with E-state index in [2.05, 4.69) is 20.4 Å². The van der Waals surface area contributed by atoms with Gasteiger partial charge in [-0.05, 0) is 27.2 Å². The van der Waals surface area contributed by atoms with Crippen LogP contribution in [0.25, 0.3) is 0 Å². The topological polar surface area (TPSA) is 94.4 Å². The van der Waals surface area contributed by atoms with E-state index in [0.29, 0.717) is 30.7 Å². The van der Waals surface area contributed by atoms with E-state index in [0.717, 1.165) is 6.42 Å². The van der Waals surface area contributed by atoms with Gasteiger partial charge in [0.1, 0.15) is 5.60 Å². The number of hydrogen-bond donors (Lipinski definition) is 1. The summed E-state index contributed by atoms with van der Waals surface area (Å²) in [6.07, 6.45) is 5.50. The second-order valence-corrected chi connectivity index (χ2v) is 7.23. The molecule has 3 rings (SSSR count). The minimum Gasteiger partial charge on any atom is -0.444 e. The fourth-order valence-electron chi connectivity index (χ4n) is 2.59. The van der Waals surface area contributed by atoms with Crippen molar-refractivity contribution in [2.45, 2.75) is 38.8 Å². The number of hydrogen-bond acceptors (Lipinski definition) is 7. The molecule has 1 atom stereocenters.